The monoisotopic (exact) mass is 335 g/mol. The lowest BCUT2D eigenvalue weighted by Gasteiger charge is -2.04. The smallest absolute Gasteiger partial charge is 0.436 e. The average Bonchev–Trinajstić information content (AvgIpc) is 2.83. The Morgan fingerprint density at radius 2 is 2.05 bits per heavy atom. The van der Waals surface area contributed by atoms with Crippen molar-refractivity contribution in [1.29, 1.82) is 0 Å². The molecule has 22 heavy (non-hydrogen) atoms. The highest BCUT2D eigenvalue weighted by Crippen LogP contribution is 2.33. The van der Waals surface area contributed by atoms with Gasteiger partial charge in [-0.2, -0.15) is 18.3 Å². The summed E-state index contributed by atoms with van der Waals surface area (Å²) in [6, 6.07) is 3.20. The first kappa shape index (κ1) is 15.8. The van der Waals surface area contributed by atoms with Gasteiger partial charge in [0.05, 0.1) is 4.92 Å². The van der Waals surface area contributed by atoms with Gasteiger partial charge in [-0.3, -0.25) is 10.1 Å². The zero-order chi connectivity index (χ0) is 16.7. The van der Waals surface area contributed by atoms with Crippen molar-refractivity contribution in [3.63, 3.8) is 0 Å². The van der Waals surface area contributed by atoms with Crippen molar-refractivity contribution < 1.29 is 28.0 Å². The van der Waals surface area contributed by atoms with Crippen LogP contribution in [0.2, 0.25) is 5.02 Å². The van der Waals surface area contributed by atoms with Gasteiger partial charge >= 0.3 is 12.1 Å². The second-order valence-electron chi connectivity index (χ2n) is 4.03. The number of carboxylic acids is 1. The second kappa shape index (κ2) is 5.30. The summed E-state index contributed by atoms with van der Waals surface area (Å²) in [5, 5.41) is 22.8. The van der Waals surface area contributed by atoms with Crippen LogP contribution in [0.5, 0.6) is 0 Å². The summed E-state index contributed by atoms with van der Waals surface area (Å²) in [4.78, 5) is 21.0. The third kappa shape index (κ3) is 2.86. The third-order valence-corrected chi connectivity index (χ3v) is 2.83. The van der Waals surface area contributed by atoms with E-state index in [1.165, 1.54) is 6.07 Å². The number of nitrogens with zero attached hydrogens (tertiary/aromatic N) is 3. The molecule has 1 heterocycles. The molecule has 0 saturated heterocycles. The highest BCUT2D eigenvalue weighted by Gasteiger charge is 2.39. The topological polar surface area (TPSA) is 98.3 Å². The fourth-order valence-corrected chi connectivity index (χ4v) is 1.87. The van der Waals surface area contributed by atoms with E-state index < -0.39 is 34.0 Å². The van der Waals surface area contributed by atoms with E-state index in [1.807, 2.05) is 0 Å². The fraction of sp³-hybridized carbons (Fsp3) is 0.0909. The molecule has 0 spiro atoms. The highest BCUT2D eigenvalue weighted by atomic mass is 35.5. The van der Waals surface area contributed by atoms with Crippen LogP contribution in [0.3, 0.4) is 0 Å². The summed E-state index contributed by atoms with van der Waals surface area (Å²) in [7, 11) is 0. The Morgan fingerprint density at radius 3 is 2.50 bits per heavy atom. The third-order valence-electron chi connectivity index (χ3n) is 2.59. The number of hydrogen-bond donors (Lipinski definition) is 1. The number of aromatic carboxylic acids is 1. The number of rotatable bonds is 3. The van der Waals surface area contributed by atoms with Crippen molar-refractivity contribution in [2.75, 3.05) is 0 Å². The van der Waals surface area contributed by atoms with Crippen LogP contribution in [0, 0.1) is 10.1 Å². The normalized spacial score (nSPS) is 11.5. The largest absolute Gasteiger partial charge is 0.478 e. The number of benzene rings is 1. The minimum atomic E-state index is -5.01. The van der Waals surface area contributed by atoms with Gasteiger partial charge in [0.2, 0.25) is 0 Å². The van der Waals surface area contributed by atoms with Gasteiger partial charge in [0.15, 0.2) is 5.69 Å². The summed E-state index contributed by atoms with van der Waals surface area (Å²) >= 11 is 5.60. The summed E-state index contributed by atoms with van der Waals surface area (Å²) in [5.74, 6) is -1.85. The van der Waals surface area contributed by atoms with Gasteiger partial charge in [-0.15, -0.1) is 0 Å². The van der Waals surface area contributed by atoms with Crippen LogP contribution in [0.15, 0.2) is 24.4 Å². The van der Waals surface area contributed by atoms with E-state index in [0.29, 0.717) is 10.9 Å². The maximum Gasteiger partial charge on any atom is 0.436 e. The number of halogens is 4. The van der Waals surface area contributed by atoms with E-state index in [4.69, 9.17) is 16.7 Å². The van der Waals surface area contributed by atoms with Gasteiger partial charge < -0.3 is 5.11 Å². The van der Waals surface area contributed by atoms with Crippen molar-refractivity contribution in [3.05, 3.63) is 50.8 Å². The van der Waals surface area contributed by atoms with E-state index in [2.05, 4.69) is 5.10 Å². The number of hydrogen-bond acceptors (Lipinski definition) is 4. The Balaban J connectivity index is 2.70. The summed E-state index contributed by atoms with van der Waals surface area (Å²) < 4.78 is 38.8. The Morgan fingerprint density at radius 1 is 1.41 bits per heavy atom. The molecule has 0 radical (unpaired) electrons. The van der Waals surface area contributed by atoms with Crippen LogP contribution in [0.25, 0.3) is 5.69 Å². The van der Waals surface area contributed by atoms with Crippen LogP contribution in [0.4, 0.5) is 18.9 Å². The van der Waals surface area contributed by atoms with Gasteiger partial charge in [-0.25, -0.2) is 9.48 Å². The molecule has 11 heteroatoms. The van der Waals surface area contributed by atoms with Crippen LogP contribution >= 0.6 is 11.6 Å². The lowest BCUT2D eigenvalue weighted by Crippen LogP contribution is -2.12. The summed E-state index contributed by atoms with van der Waals surface area (Å²) in [6.07, 6.45) is -4.46. The molecule has 1 aromatic heterocycles. The van der Waals surface area contributed by atoms with E-state index in [0.717, 1.165) is 12.1 Å². The molecule has 0 aliphatic heterocycles. The van der Waals surface area contributed by atoms with Crippen molar-refractivity contribution in [1.82, 2.24) is 9.78 Å². The maximum absolute atomic E-state index is 12.8. The standard InChI is InChI=1S/C11H5ClF3N3O4/c12-5-1-2-7(8(3-5)18(21)22)17-4-6(10(19)20)9(16-17)11(13,14)15/h1-4H,(H,19,20). The molecular weight excluding hydrogens is 331 g/mol. The molecule has 116 valence electrons. The predicted octanol–water partition coefficient (Wildman–Crippen LogP) is 3.15. The number of alkyl halides is 3. The number of carbonyl (C=O) groups is 1. The fourth-order valence-electron chi connectivity index (χ4n) is 1.70. The number of aromatic nitrogens is 2. The molecule has 1 aromatic carbocycles. The number of nitro benzene ring substituents is 1. The molecule has 2 aromatic rings. The van der Waals surface area contributed by atoms with Crippen LogP contribution in [-0.4, -0.2) is 25.8 Å². The van der Waals surface area contributed by atoms with Gasteiger partial charge in [0.1, 0.15) is 11.3 Å². The van der Waals surface area contributed by atoms with E-state index >= 15 is 0 Å². The zero-order valence-electron chi connectivity index (χ0n) is 10.3. The Labute approximate surface area is 124 Å². The SMILES string of the molecule is O=C(O)c1cn(-c2ccc(Cl)cc2[N+](=O)[O-])nc1C(F)(F)F. The average molecular weight is 336 g/mol. The first-order valence-corrected chi connectivity index (χ1v) is 5.83. The quantitative estimate of drug-likeness (QED) is 0.686. The van der Waals surface area contributed by atoms with Crippen LogP contribution in [-0.2, 0) is 6.18 Å². The Bertz CT molecular complexity index is 772. The molecule has 1 N–H and O–H groups in total. The molecule has 0 atom stereocenters. The molecule has 0 aliphatic carbocycles. The molecule has 0 bridgehead atoms. The van der Waals surface area contributed by atoms with E-state index in [9.17, 15) is 28.1 Å². The van der Waals surface area contributed by atoms with Gasteiger partial charge in [-0.05, 0) is 12.1 Å². The lowest BCUT2D eigenvalue weighted by molar-refractivity contribution is -0.384. The van der Waals surface area contributed by atoms with Crippen LogP contribution < -0.4 is 0 Å². The molecule has 2 rings (SSSR count). The molecule has 0 amide bonds. The van der Waals surface area contributed by atoms with E-state index in [-0.39, 0.29) is 10.7 Å². The molecular formula is C11H5ClF3N3O4. The van der Waals surface area contributed by atoms with Crippen molar-refractivity contribution >= 4 is 23.3 Å². The van der Waals surface area contributed by atoms with Crippen molar-refractivity contribution in [2.24, 2.45) is 0 Å². The number of nitro groups is 1. The predicted molar refractivity (Wildman–Crippen MR) is 67.2 cm³/mol. The van der Waals surface area contributed by atoms with Crippen molar-refractivity contribution in [2.45, 2.75) is 6.18 Å². The molecule has 0 saturated carbocycles. The minimum Gasteiger partial charge on any atom is -0.478 e. The number of carboxylic acid groups (broad SMARTS) is 1. The molecule has 0 unspecified atom stereocenters. The molecule has 0 fully saturated rings. The van der Waals surface area contributed by atoms with Crippen LogP contribution in [0.1, 0.15) is 16.1 Å². The Kier molecular flexibility index (Phi) is 3.79. The van der Waals surface area contributed by atoms with Gasteiger partial charge in [0.25, 0.3) is 5.69 Å². The highest BCUT2D eigenvalue weighted by molar-refractivity contribution is 6.30. The van der Waals surface area contributed by atoms with Gasteiger partial charge in [0, 0.05) is 17.3 Å². The zero-order valence-corrected chi connectivity index (χ0v) is 11.1. The van der Waals surface area contributed by atoms with Crippen molar-refractivity contribution in [3.8, 4) is 5.69 Å². The molecule has 0 aliphatic rings. The first-order chi connectivity index (χ1) is 10.1. The molecule has 7 nitrogen and oxygen atoms in total. The second-order valence-corrected chi connectivity index (χ2v) is 4.47. The minimum absolute atomic E-state index is 0.00268. The lowest BCUT2D eigenvalue weighted by atomic mass is 10.2. The summed E-state index contributed by atoms with van der Waals surface area (Å²) in [5.41, 5.74) is -3.71. The van der Waals surface area contributed by atoms with E-state index in [1.54, 1.807) is 0 Å². The maximum atomic E-state index is 12.8. The first-order valence-electron chi connectivity index (χ1n) is 5.45. The Hall–Kier alpha value is -2.62. The summed E-state index contributed by atoms with van der Waals surface area (Å²) in [6.45, 7) is 0. The van der Waals surface area contributed by atoms with Gasteiger partial charge in [-0.1, -0.05) is 11.6 Å².